The normalized spacial score (nSPS) is 18.3. The summed E-state index contributed by atoms with van der Waals surface area (Å²) in [5.74, 6) is 1.29. The fraction of sp³-hybridized carbons (Fsp3) is 0.167. The van der Waals surface area contributed by atoms with E-state index in [9.17, 15) is 4.79 Å². The molecule has 0 N–H and O–H groups in total. The second kappa shape index (κ2) is 8.50. The van der Waals surface area contributed by atoms with E-state index in [0.717, 1.165) is 22.4 Å². The zero-order valence-electron chi connectivity index (χ0n) is 16.5. The number of nitrogens with zero attached hydrogens (tertiary/aromatic N) is 2. The van der Waals surface area contributed by atoms with Gasteiger partial charge in [-0.3, -0.25) is 14.7 Å². The molecule has 6 heteroatoms. The van der Waals surface area contributed by atoms with Crippen molar-refractivity contribution in [2.24, 2.45) is 4.99 Å². The Hall–Kier alpha value is -2.82. The molecule has 152 valence electrons. The van der Waals surface area contributed by atoms with Crippen LogP contribution in [0.25, 0.3) is 0 Å². The van der Waals surface area contributed by atoms with Gasteiger partial charge in [0.25, 0.3) is 0 Å². The number of aliphatic imine (C=N–C) groups is 1. The Morgan fingerprint density at radius 2 is 1.40 bits per heavy atom. The minimum Gasteiger partial charge on any atom is -0.497 e. The molecule has 1 aliphatic heterocycles. The third kappa shape index (κ3) is 3.93. The molecule has 0 saturated heterocycles. The van der Waals surface area contributed by atoms with Gasteiger partial charge in [0, 0.05) is 22.5 Å². The predicted molar refractivity (Wildman–Crippen MR) is 120 cm³/mol. The number of halogens is 2. The van der Waals surface area contributed by atoms with Gasteiger partial charge < -0.3 is 4.74 Å². The minimum absolute atomic E-state index is 0.0824. The van der Waals surface area contributed by atoms with Gasteiger partial charge in [-0.2, -0.15) is 0 Å². The average molecular weight is 439 g/mol. The highest BCUT2D eigenvalue weighted by Crippen LogP contribution is 2.44. The van der Waals surface area contributed by atoms with E-state index in [-0.39, 0.29) is 18.0 Å². The van der Waals surface area contributed by atoms with Crippen LogP contribution in [0.1, 0.15) is 35.7 Å². The molecule has 2 atom stereocenters. The van der Waals surface area contributed by atoms with Crippen molar-refractivity contribution in [3.8, 4) is 5.75 Å². The summed E-state index contributed by atoms with van der Waals surface area (Å²) in [5.41, 5.74) is 2.79. The van der Waals surface area contributed by atoms with Crippen molar-refractivity contribution >= 4 is 34.9 Å². The Balaban J connectivity index is 1.85. The Morgan fingerprint density at radius 1 is 0.867 bits per heavy atom. The van der Waals surface area contributed by atoms with Gasteiger partial charge >= 0.3 is 0 Å². The first-order chi connectivity index (χ1) is 14.5. The van der Waals surface area contributed by atoms with Crippen molar-refractivity contribution < 1.29 is 9.53 Å². The minimum atomic E-state index is -0.293. The number of carbonyl (C=O) groups is 1. The number of carbonyl (C=O) groups excluding carboxylic acids is 1. The van der Waals surface area contributed by atoms with Crippen LogP contribution in [-0.2, 0) is 4.79 Å². The van der Waals surface area contributed by atoms with E-state index in [4.69, 9.17) is 32.9 Å². The quantitative estimate of drug-likeness (QED) is 0.494. The van der Waals surface area contributed by atoms with Gasteiger partial charge in [0.05, 0.1) is 13.2 Å². The molecule has 1 heterocycles. The maximum Gasteiger partial charge on any atom is 0.225 e. The second-order valence-electron chi connectivity index (χ2n) is 7.06. The number of benzene rings is 3. The van der Waals surface area contributed by atoms with Crippen molar-refractivity contribution in [2.45, 2.75) is 19.0 Å². The summed E-state index contributed by atoms with van der Waals surface area (Å²) in [6.45, 7) is 1.56. The van der Waals surface area contributed by atoms with Crippen LogP contribution in [0.2, 0.25) is 10.0 Å². The van der Waals surface area contributed by atoms with E-state index in [0.29, 0.717) is 15.9 Å². The van der Waals surface area contributed by atoms with Gasteiger partial charge in [-0.05, 0) is 59.7 Å². The molecular weight excluding hydrogens is 419 g/mol. The Labute approximate surface area is 185 Å². The molecule has 30 heavy (non-hydrogen) atoms. The Bertz CT molecular complexity index is 1080. The van der Waals surface area contributed by atoms with E-state index in [1.807, 2.05) is 72.8 Å². The van der Waals surface area contributed by atoms with Gasteiger partial charge in [-0.1, -0.05) is 47.5 Å². The maximum atomic E-state index is 12.8. The van der Waals surface area contributed by atoms with Gasteiger partial charge in [-0.25, -0.2) is 0 Å². The van der Waals surface area contributed by atoms with Crippen LogP contribution in [0.15, 0.2) is 77.8 Å². The lowest BCUT2D eigenvalue weighted by atomic mass is 9.93. The first-order valence-electron chi connectivity index (χ1n) is 9.51. The van der Waals surface area contributed by atoms with Crippen LogP contribution in [0.4, 0.5) is 0 Å². The van der Waals surface area contributed by atoms with E-state index in [2.05, 4.69) is 0 Å². The smallest absolute Gasteiger partial charge is 0.225 e. The number of ether oxygens (including phenoxy) is 1. The Kier molecular flexibility index (Phi) is 5.80. The number of methoxy groups -OCH3 is 1. The molecule has 4 nitrogen and oxygen atoms in total. The Morgan fingerprint density at radius 3 is 1.90 bits per heavy atom. The monoisotopic (exact) mass is 438 g/mol. The summed E-state index contributed by atoms with van der Waals surface area (Å²) < 4.78 is 5.26. The zero-order valence-corrected chi connectivity index (χ0v) is 18.1. The number of hydrogen-bond acceptors (Lipinski definition) is 3. The SMILES string of the molecule is COc1ccc(C2=N[C@H](c3ccc(Cl)cc3)[C@H](c3ccc(Cl)cc3)N2C(C)=O)cc1. The highest BCUT2D eigenvalue weighted by molar-refractivity contribution is 6.30. The summed E-state index contributed by atoms with van der Waals surface area (Å²) in [5, 5.41) is 1.30. The lowest BCUT2D eigenvalue weighted by Gasteiger charge is -2.28. The van der Waals surface area contributed by atoms with Crippen molar-refractivity contribution in [1.29, 1.82) is 0 Å². The third-order valence-electron chi connectivity index (χ3n) is 5.18. The summed E-state index contributed by atoms with van der Waals surface area (Å²) >= 11 is 12.2. The molecule has 0 spiro atoms. The molecule has 4 rings (SSSR count). The van der Waals surface area contributed by atoms with Crippen LogP contribution in [-0.4, -0.2) is 23.8 Å². The molecule has 3 aromatic carbocycles. The topological polar surface area (TPSA) is 41.9 Å². The van der Waals surface area contributed by atoms with Gasteiger partial charge in [0.1, 0.15) is 17.6 Å². The van der Waals surface area contributed by atoms with Crippen molar-refractivity contribution in [1.82, 2.24) is 4.90 Å². The van der Waals surface area contributed by atoms with Gasteiger partial charge in [0.2, 0.25) is 5.91 Å². The highest BCUT2D eigenvalue weighted by atomic mass is 35.5. The lowest BCUT2D eigenvalue weighted by Crippen LogP contribution is -2.36. The molecule has 1 amide bonds. The fourth-order valence-electron chi connectivity index (χ4n) is 3.74. The summed E-state index contributed by atoms with van der Waals surface area (Å²) in [4.78, 5) is 19.6. The lowest BCUT2D eigenvalue weighted by molar-refractivity contribution is -0.126. The summed E-state index contributed by atoms with van der Waals surface area (Å²) in [6.07, 6.45) is 0. The predicted octanol–water partition coefficient (Wildman–Crippen LogP) is 6.09. The van der Waals surface area contributed by atoms with Crippen molar-refractivity contribution in [3.05, 3.63) is 99.5 Å². The number of rotatable bonds is 4. The van der Waals surface area contributed by atoms with E-state index < -0.39 is 0 Å². The first kappa shape index (κ1) is 20.5. The summed E-state index contributed by atoms with van der Waals surface area (Å²) in [7, 11) is 1.62. The number of hydrogen-bond donors (Lipinski definition) is 0. The first-order valence-corrected chi connectivity index (χ1v) is 10.3. The molecule has 0 radical (unpaired) electrons. The number of amides is 1. The largest absolute Gasteiger partial charge is 0.497 e. The van der Waals surface area contributed by atoms with Crippen molar-refractivity contribution in [2.75, 3.05) is 7.11 Å². The molecular formula is C24H20Cl2N2O2. The summed E-state index contributed by atoms with van der Waals surface area (Å²) in [6, 6.07) is 22.1. The molecule has 3 aromatic rings. The van der Waals surface area contributed by atoms with Gasteiger partial charge in [0.15, 0.2) is 0 Å². The van der Waals surface area contributed by atoms with Crippen LogP contribution >= 0.6 is 23.2 Å². The molecule has 1 aliphatic rings. The molecule has 0 saturated carbocycles. The fourth-order valence-corrected chi connectivity index (χ4v) is 4.00. The van der Waals surface area contributed by atoms with Crippen LogP contribution in [0, 0.1) is 0 Å². The van der Waals surface area contributed by atoms with E-state index in [1.54, 1.807) is 18.9 Å². The second-order valence-corrected chi connectivity index (χ2v) is 7.94. The van der Waals surface area contributed by atoms with Crippen molar-refractivity contribution in [3.63, 3.8) is 0 Å². The molecule has 0 aliphatic carbocycles. The highest BCUT2D eigenvalue weighted by Gasteiger charge is 2.40. The molecule has 0 unspecified atom stereocenters. The van der Waals surface area contributed by atoms with Crippen LogP contribution in [0.3, 0.4) is 0 Å². The average Bonchev–Trinajstić information content (AvgIpc) is 3.16. The van der Waals surface area contributed by atoms with E-state index in [1.165, 1.54) is 0 Å². The third-order valence-corrected chi connectivity index (χ3v) is 5.68. The van der Waals surface area contributed by atoms with Crippen LogP contribution in [0.5, 0.6) is 5.75 Å². The maximum absolute atomic E-state index is 12.8. The van der Waals surface area contributed by atoms with Crippen LogP contribution < -0.4 is 4.74 Å². The van der Waals surface area contributed by atoms with Gasteiger partial charge in [-0.15, -0.1) is 0 Å². The zero-order chi connectivity index (χ0) is 21.3. The number of amidine groups is 1. The van der Waals surface area contributed by atoms with E-state index >= 15 is 0 Å². The molecule has 0 bridgehead atoms. The molecule has 0 fully saturated rings. The molecule has 0 aromatic heterocycles. The standard InChI is InChI=1S/C24H20Cl2N2O2/c1-15(29)28-23(17-5-11-20(26)12-6-17)22(16-3-9-19(25)10-4-16)27-24(28)18-7-13-21(30-2)14-8-18/h3-14,22-23H,1-2H3/t22-,23+/m1/s1.